The number of halogens is 1. The summed E-state index contributed by atoms with van der Waals surface area (Å²) in [6.07, 6.45) is 4.64. The molecular weight excluding hydrogens is 475 g/mol. The molecule has 1 saturated heterocycles. The number of carbonyl (C=O) groups is 1. The van der Waals surface area contributed by atoms with Gasteiger partial charge in [-0.1, -0.05) is 12.1 Å². The average molecular weight is 511 g/mol. The van der Waals surface area contributed by atoms with E-state index in [1.807, 2.05) is 37.4 Å². The Labute approximate surface area is 217 Å². The molecule has 1 amide bonds. The zero-order chi connectivity index (χ0) is 26.3. The molecule has 2 heterocycles. The lowest BCUT2D eigenvalue weighted by molar-refractivity contribution is -0.132. The van der Waals surface area contributed by atoms with Crippen LogP contribution >= 0.6 is 0 Å². The summed E-state index contributed by atoms with van der Waals surface area (Å²) in [6, 6.07) is 13.6. The van der Waals surface area contributed by atoms with Crippen LogP contribution in [0.4, 0.5) is 4.39 Å². The lowest BCUT2D eigenvalue weighted by atomic mass is 10.0. The van der Waals surface area contributed by atoms with Crippen LogP contribution in [-0.2, 0) is 17.9 Å². The molecule has 9 heteroatoms. The number of aromatic nitrogens is 2. The predicted octanol–water partition coefficient (Wildman–Crippen LogP) is 3.27. The van der Waals surface area contributed by atoms with Crippen LogP contribution in [0.25, 0.3) is 0 Å². The second-order valence-electron chi connectivity index (χ2n) is 9.64. The number of amides is 1. The fraction of sp³-hybridized carbons (Fsp3) is 0.429. The van der Waals surface area contributed by atoms with Gasteiger partial charge in [0, 0.05) is 52.0 Å². The zero-order valence-electron chi connectivity index (χ0n) is 21.5. The molecule has 0 radical (unpaired) electrons. The fourth-order valence-corrected chi connectivity index (χ4v) is 4.54. The summed E-state index contributed by atoms with van der Waals surface area (Å²) in [4.78, 5) is 20.2. The second-order valence-corrected chi connectivity index (χ2v) is 9.64. The van der Waals surface area contributed by atoms with Crippen molar-refractivity contribution in [2.75, 3.05) is 39.4 Å². The van der Waals surface area contributed by atoms with Gasteiger partial charge in [-0.3, -0.25) is 9.69 Å². The van der Waals surface area contributed by atoms with Crippen LogP contribution in [0.5, 0.6) is 11.5 Å². The number of benzene rings is 2. The number of β-amino-alcohol motifs (C(OH)–C–C–N with tert-alkyl or cyclic N) is 1. The molecule has 0 aliphatic carbocycles. The molecule has 198 valence electrons. The third-order valence-electron chi connectivity index (χ3n) is 6.50. The molecule has 1 aliphatic rings. The number of carbonyl (C=O) groups excluding carboxylic acids is 1. The normalized spacial score (nSPS) is 18.4. The van der Waals surface area contributed by atoms with E-state index in [1.54, 1.807) is 11.1 Å². The maximum absolute atomic E-state index is 13.2. The van der Waals surface area contributed by atoms with E-state index in [2.05, 4.69) is 14.5 Å². The third kappa shape index (κ3) is 7.77. The highest BCUT2D eigenvalue weighted by Gasteiger charge is 2.37. The van der Waals surface area contributed by atoms with Gasteiger partial charge in [-0.25, -0.2) is 9.37 Å². The van der Waals surface area contributed by atoms with E-state index in [-0.39, 0.29) is 24.9 Å². The molecule has 0 bridgehead atoms. The predicted molar refractivity (Wildman–Crippen MR) is 138 cm³/mol. The van der Waals surface area contributed by atoms with Gasteiger partial charge in [0.05, 0.1) is 13.2 Å². The molecule has 1 atom stereocenters. The Balaban J connectivity index is 1.36. The highest BCUT2D eigenvalue weighted by molar-refractivity contribution is 5.73. The number of hydrogen-bond donors (Lipinski definition) is 1. The van der Waals surface area contributed by atoms with Gasteiger partial charge in [0.1, 0.15) is 35.3 Å². The van der Waals surface area contributed by atoms with Crippen LogP contribution < -0.4 is 9.47 Å². The van der Waals surface area contributed by atoms with Crippen LogP contribution in [0.3, 0.4) is 0 Å². The van der Waals surface area contributed by atoms with Gasteiger partial charge in [-0.05, 0) is 55.3 Å². The van der Waals surface area contributed by atoms with Crippen molar-refractivity contribution in [1.29, 1.82) is 0 Å². The van der Waals surface area contributed by atoms with Crippen LogP contribution in [0.1, 0.15) is 24.7 Å². The van der Waals surface area contributed by atoms with Gasteiger partial charge in [-0.15, -0.1) is 0 Å². The summed E-state index contributed by atoms with van der Waals surface area (Å²) in [5, 5.41) is 11.5. The number of hydrogen-bond acceptors (Lipinski definition) is 6. The molecular formula is C28H35FN4O4. The van der Waals surface area contributed by atoms with Crippen LogP contribution in [-0.4, -0.2) is 75.4 Å². The summed E-state index contributed by atoms with van der Waals surface area (Å²) < 4.78 is 27.1. The van der Waals surface area contributed by atoms with Crippen molar-refractivity contribution < 1.29 is 23.8 Å². The molecule has 1 aliphatic heterocycles. The first-order chi connectivity index (χ1) is 17.8. The third-order valence-corrected chi connectivity index (χ3v) is 6.50. The van der Waals surface area contributed by atoms with Crippen molar-refractivity contribution in [2.45, 2.75) is 39.0 Å². The van der Waals surface area contributed by atoms with Crippen molar-refractivity contribution >= 4 is 5.91 Å². The molecule has 1 aromatic heterocycles. The van der Waals surface area contributed by atoms with Gasteiger partial charge in [0.25, 0.3) is 0 Å². The summed E-state index contributed by atoms with van der Waals surface area (Å²) >= 11 is 0. The minimum absolute atomic E-state index is 0.0154. The molecule has 1 N–H and O–H groups in total. The molecule has 2 aromatic carbocycles. The summed E-state index contributed by atoms with van der Waals surface area (Å²) in [5.74, 6) is 1.81. The van der Waals surface area contributed by atoms with Crippen molar-refractivity contribution in [3.63, 3.8) is 0 Å². The molecule has 0 spiro atoms. The Morgan fingerprint density at radius 1 is 1.11 bits per heavy atom. The fourth-order valence-electron chi connectivity index (χ4n) is 4.54. The van der Waals surface area contributed by atoms with Gasteiger partial charge in [0.15, 0.2) is 0 Å². The maximum atomic E-state index is 13.2. The van der Waals surface area contributed by atoms with Crippen molar-refractivity contribution in [3.05, 3.63) is 78.1 Å². The van der Waals surface area contributed by atoms with Crippen LogP contribution in [0.15, 0.2) is 60.9 Å². The van der Waals surface area contributed by atoms with E-state index in [0.29, 0.717) is 38.5 Å². The van der Waals surface area contributed by atoms with E-state index in [9.17, 15) is 14.3 Å². The Morgan fingerprint density at radius 2 is 1.92 bits per heavy atom. The highest BCUT2D eigenvalue weighted by Crippen LogP contribution is 2.21. The molecule has 1 unspecified atom stereocenters. The van der Waals surface area contributed by atoms with Gasteiger partial charge >= 0.3 is 0 Å². The summed E-state index contributed by atoms with van der Waals surface area (Å²) in [7, 11) is 0. The van der Waals surface area contributed by atoms with E-state index in [0.717, 1.165) is 30.1 Å². The van der Waals surface area contributed by atoms with Crippen molar-refractivity contribution in [2.24, 2.45) is 0 Å². The number of aryl methyl sites for hydroxylation is 2. The van der Waals surface area contributed by atoms with E-state index in [4.69, 9.17) is 9.47 Å². The van der Waals surface area contributed by atoms with Crippen LogP contribution in [0.2, 0.25) is 0 Å². The molecule has 4 rings (SSSR count). The highest BCUT2D eigenvalue weighted by atomic mass is 19.1. The minimum Gasteiger partial charge on any atom is -0.494 e. The SMILES string of the molecule is CC(=O)N1CCN(Cc2cccc(OCCCn3ccnc3C)c2)CC(O)(COc2ccc(F)cc2)C1. The molecule has 0 saturated carbocycles. The number of aliphatic hydroxyl groups is 1. The van der Waals surface area contributed by atoms with Gasteiger partial charge < -0.3 is 24.0 Å². The lowest BCUT2D eigenvalue weighted by Crippen LogP contribution is -2.51. The maximum Gasteiger partial charge on any atom is 0.219 e. The Kier molecular flexibility index (Phi) is 8.78. The smallest absolute Gasteiger partial charge is 0.219 e. The number of ether oxygens (including phenoxy) is 2. The van der Waals surface area contributed by atoms with E-state index in [1.165, 1.54) is 31.2 Å². The average Bonchev–Trinajstić information content (AvgIpc) is 3.20. The number of imidazole rings is 1. The quantitative estimate of drug-likeness (QED) is 0.422. The van der Waals surface area contributed by atoms with E-state index < -0.39 is 5.60 Å². The van der Waals surface area contributed by atoms with Gasteiger partial charge in [-0.2, -0.15) is 0 Å². The van der Waals surface area contributed by atoms with Crippen molar-refractivity contribution in [1.82, 2.24) is 19.4 Å². The Morgan fingerprint density at radius 3 is 2.65 bits per heavy atom. The molecule has 8 nitrogen and oxygen atoms in total. The largest absolute Gasteiger partial charge is 0.494 e. The summed E-state index contributed by atoms with van der Waals surface area (Å²) in [6.45, 7) is 7.14. The topological polar surface area (TPSA) is 80.1 Å². The monoisotopic (exact) mass is 510 g/mol. The molecule has 3 aromatic rings. The van der Waals surface area contributed by atoms with Crippen molar-refractivity contribution in [3.8, 4) is 11.5 Å². The van der Waals surface area contributed by atoms with E-state index >= 15 is 0 Å². The number of nitrogens with zero attached hydrogens (tertiary/aromatic N) is 4. The Hall–Kier alpha value is -3.43. The second kappa shape index (κ2) is 12.2. The lowest BCUT2D eigenvalue weighted by Gasteiger charge is -2.32. The van der Waals surface area contributed by atoms with Gasteiger partial charge in [0.2, 0.25) is 5.91 Å². The molecule has 37 heavy (non-hydrogen) atoms. The zero-order valence-corrected chi connectivity index (χ0v) is 21.5. The Bertz CT molecular complexity index is 1170. The summed E-state index contributed by atoms with van der Waals surface area (Å²) in [5.41, 5.74) is -0.225. The first kappa shape index (κ1) is 26.6. The minimum atomic E-state index is -1.28. The standard InChI is InChI=1S/C28H35FN4O4/c1-22-30-11-13-32(22)12-4-16-36-27-6-3-5-24(17-27)18-31-14-15-33(23(2)34)20-28(35,19-31)21-37-26-9-7-25(29)8-10-26/h3,5-11,13,17,35H,4,12,14-16,18-21H2,1-2H3. The van der Waals surface area contributed by atoms with Crippen LogP contribution in [0, 0.1) is 12.7 Å². The first-order valence-corrected chi connectivity index (χ1v) is 12.6. The molecule has 1 fully saturated rings. The number of rotatable bonds is 10. The first-order valence-electron chi connectivity index (χ1n) is 12.6.